The molecule has 0 aromatic heterocycles. The molecular weight excluding hydrogens is 271 g/mol. The fourth-order valence-electron chi connectivity index (χ4n) is 1.70. The van der Waals surface area contributed by atoms with Gasteiger partial charge in [0.1, 0.15) is 11.5 Å². The number of ether oxygens (including phenoxy) is 2. The van der Waals surface area contributed by atoms with Gasteiger partial charge in [-0.05, 0) is 30.0 Å². The molecule has 0 aliphatic carbocycles. The predicted molar refractivity (Wildman–Crippen MR) is 71.0 cm³/mol. The van der Waals surface area contributed by atoms with Crippen molar-refractivity contribution in [2.75, 3.05) is 13.2 Å². The lowest BCUT2D eigenvalue weighted by Gasteiger charge is -2.23. The Hall–Kier alpha value is -1.43. The molecule has 0 atom stereocenters. The molecule has 0 saturated carbocycles. The number of hydrogen-bond acceptors (Lipinski definition) is 3. The van der Waals surface area contributed by atoms with Gasteiger partial charge in [0, 0.05) is 6.07 Å². The molecule has 0 unspecified atom stereocenters. The van der Waals surface area contributed by atoms with Crippen molar-refractivity contribution in [1.82, 2.24) is 0 Å². The van der Waals surface area contributed by atoms with E-state index in [0.29, 0.717) is 25.3 Å². The van der Waals surface area contributed by atoms with Gasteiger partial charge >= 0.3 is 6.36 Å². The van der Waals surface area contributed by atoms with Crippen LogP contribution < -0.4 is 15.2 Å². The van der Waals surface area contributed by atoms with Crippen molar-refractivity contribution in [3.8, 4) is 11.5 Å². The van der Waals surface area contributed by atoms with E-state index in [-0.39, 0.29) is 11.2 Å². The van der Waals surface area contributed by atoms with Crippen LogP contribution in [0.3, 0.4) is 0 Å². The van der Waals surface area contributed by atoms with Gasteiger partial charge in [-0.25, -0.2) is 0 Å². The van der Waals surface area contributed by atoms with Crippen LogP contribution in [0.2, 0.25) is 0 Å². The third kappa shape index (κ3) is 5.28. The highest BCUT2D eigenvalue weighted by Gasteiger charge is 2.31. The minimum Gasteiger partial charge on any atom is -0.493 e. The third-order valence-electron chi connectivity index (χ3n) is 2.60. The first kappa shape index (κ1) is 16.6. The standard InChI is InChI=1S/C14H20F3NO2/c1-13(2,3)11-6-5-10(20-14(15,16)17)9-12(11)19-8-4-7-18/h5-6,9H,4,7-8,18H2,1-3H3. The topological polar surface area (TPSA) is 44.5 Å². The van der Waals surface area contributed by atoms with Crippen LogP contribution in [0.5, 0.6) is 11.5 Å². The fraction of sp³-hybridized carbons (Fsp3) is 0.571. The van der Waals surface area contributed by atoms with E-state index in [1.54, 1.807) is 6.07 Å². The Morgan fingerprint density at radius 1 is 1.15 bits per heavy atom. The van der Waals surface area contributed by atoms with Gasteiger partial charge in [-0.2, -0.15) is 0 Å². The summed E-state index contributed by atoms with van der Waals surface area (Å²) in [5.41, 5.74) is 5.96. The minimum atomic E-state index is -4.71. The van der Waals surface area contributed by atoms with E-state index in [2.05, 4.69) is 4.74 Å². The SMILES string of the molecule is CC(C)(C)c1ccc(OC(F)(F)F)cc1OCCCN. The molecule has 0 bridgehead atoms. The molecule has 0 saturated heterocycles. The van der Waals surface area contributed by atoms with E-state index >= 15 is 0 Å². The summed E-state index contributed by atoms with van der Waals surface area (Å²) in [6, 6.07) is 4.16. The highest BCUT2D eigenvalue weighted by atomic mass is 19.4. The zero-order chi connectivity index (χ0) is 15.4. The number of hydrogen-bond donors (Lipinski definition) is 1. The first-order valence-corrected chi connectivity index (χ1v) is 6.36. The second kappa shape index (κ2) is 6.35. The Morgan fingerprint density at radius 2 is 1.80 bits per heavy atom. The number of halogens is 3. The maximum absolute atomic E-state index is 12.2. The lowest BCUT2D eigenvalue weighted by molar-refractivity contribution is -0.274. The molecule has 0 amide bonds. The number of benzene rings is 1. The van der Waals surface area contributed by atoms with Crippen LogP contribution >= 0.6 is 0 Å². The Balaban J connectivity index is 3.02. The highest BCUT2D eigenvalue weighted by molar-refractivity contribution is 5.44. The molecule has 114 valence electrons. The molecule has 1 rings (SSSR count). The highest BCUT2D eigenvalue weighted by Crippen LogP contribution is 2.35. The molecule has 0 aliphatic rings. The Kier molecular flexibility index (Phi) is 5.28. The summed E-state index contributed by atoms with van der Waals surface area (Å²) in [5, 5.41) is 0. The predicted octanol–water partition coefficient (Wildman–Crippen LogP) is 3.61. The Labute approximate surface area is 116 Å². The van der Waals surface area contributed by atoms with Gasteiger partial charge in [-0.15, -0.1) is 13.2 Å². The molecule has 0 spiro atoms. The lowest BCUT2D eigenvalue weighted by atomic mass is 9.86. The van der Waals surface area contributed by atoms with Crippen LogP contribution in [-0.2, 0) is 5.41 Å². The van der Waals surface area contributed by atoms with Crippen LogP contribution in [0.25, 0.3) is 0 Å². The van der Waals surface area contributed by atoms with Crippen LogP contribution in [0.1, 0.15) is 32.8 Å². The zero-order valence-electron chi connectivity index (χ0n) is 11.9. The number of alkyl halides is 3. The zero-order valence-corrected chi connectivity index (χ0v) is 11.9. The van der Waals surface area contributed by atoms with Gasteiger partial charge in [0.05, 0.1) is 6.61 Å². The van der Waals surface area contributed by atoms with E-state index in [1.807, 2.05) is 20.8 Å². The summed E-state index contributed by atoms with van der Waals surface area (Å²) in [7, 11) is 0. The monoisotopic (exact) mass is 291 g/mol. The van der Waals surface area contributed by atoms with Gasteiger partial charge in [0.15, 0.2) is 0 Å². The van der Waals surface area contributed by atoms with Gasteiger partial charge in [-0.3, -0.25) is 0 Å². The van der Waals surface area contributed by atoms with Gasteiger partial charge in [0.25, 0.3) is 0 Å². The van der Waals surface area contributed by atoms with Crippen molar-refractivity contribution < 1.29 is 22.6 Å². The maximum Gasteiger partial charge on any atom is 0.573 e. The van der Waals surface area contributed by atoms with Gasteiger partial charge < -0.3 is 15.2 Å². The average Bonchev–Trinajstić information content (AvgIpc) is 2.25. The first-order valence-electron chi connectivity index (χ1n) is 6.36. The molecule has 1 aromatic rings. The van der Waals surface area contributed by atoms with Crippen LogP contribution in [0.15, 0.2) is 18.2 Å². The quantitative estimate of drug-likeness (QED) is 0.843. The molecule has 6 heteroatoms. The van der Waals surface area contributed by atoms with Crippen LogP contribution in [-0.4, -0.2) is 19.5 Å². The third-order valence-corrected chi connectivity index (χ3v) is 2.60. The molecule has 3 nitrogen and oxygen atoms in total. The summed E-state index contributed by atoms with van der Waals surface area (Å²) < 4.78 is 46.1. The molecule has 0 radical (unpaired) electrons. The molecular formula is C14H20F3NO2. The van der Waals surface area contributed by atoms with Crippen molar-refractivity contribution in [1.29, 1.82) is 0 Å². The van der Waals surface area contributed by atoms with E-state index < -0.39 is 6.36 Å². The van der Waals surface area contributed by atoms with Gasteiger partial charge in [0.2, 0.25) is 0 Å². The molecule has 20 heavy (non-hydrogen) atoms. The van der Waals surface area contributed by atoms with Crippen molar-refractivity contribution in [3.63, 3.8) is 0 Å². The van der Waals surface area contributed by atoms with Gasteiger partial charge in [-0.1, -0.05) is 26.8 Å². The van der Waals surface area contributed by atoms with Crippen molar-refractivity contribution in [3.05, 3.63) is 23.8 Å². The average molecular weight is 291 g/mol. The molecule has 2 N–H and O–H groups in total. The van der Waals surface area contributed by atoms with E-state index in [0.717, 1.165) is 5.56 Å². The smallest absolute Gasteiger partial charge is 0.493 e. The van der Waals surface area contributed by atoms with Crippen LogP contribution in [0, 0.1) is 0 Å². The van der Waals surface area contributed by atoms with Crippen molar-refractivity contribution >= 4 is 0 Å². The van der Waals surface area contributed by atoms with Crippen molar-refractivity contribution in [2.45, 2.75) is 39.0 Å². The molecule has 1 aromatic carbocycles. The fourth-order valence-corrected chi connectivity index (χ4v) is 1.70. The summed E-state index contributed by atoms with van der Waals surface area (Å²) in [5.74, 6) is 0.112. The summed E-state index contributed by atoms with van der Waals surface area (Å²) in [4.78, 5) is 0. The summed E-state index contributed by atoms with van der Waals surface area (Å²) in [6.07, 6.45) is -4.08. The molecule has 0 fully saturated rings. The minimum absolute atomic E-state index is 0.241. The summed E-state index contributed by atoms with van der Waals surface area (Å²) in [6.45, 7) is 6.70. The van der Waals surface area contributed by atoms with E-state index in [1.165, 1.54) is 12.1 Å². The molecule has 0 aliphatic heterocycles. The number of nitrogens with two attached hydrogens (primary N) is 1. The van der Waals surface area contributed by atoms with Crippen LogP contribution in [0.4, 0.5) is 13.2 Å². The second-order valence-corrected chi connectivity index (χ2v) is 5.45. The lowest BCUT2D eigenvalue weighted by Crippen LogP contribution is -2.18. The molecule has 0 heterocycles. The maximum atomic E-state index is 12.2. The Bertz CT molecular complexity index is 439. The largest absolute Gasteiger partial charge is 0.573 e. The second-order valence-electron chi connectivity index (χ2n) is 5.45. The summed E-state index contributed by atoms with van der Waals surface area (Å²) >= 11 is 0. The van der Waals surface area contributed by atoms with E-state index in [4.69, 9.17) is 10.5 Å². The Morgan fingerprint density at radius 3 is 2.30 bits per heavy atom. The van der Waals surface area contributed by atoms with E-state index in [9.17, 15) is 13.2 Å². The first-order chi connectivity index (χ1) is 9.13. The van der Waals surface area contributed by atoms with Crippen molar-refractivity contribution in [2.24, 2.45) is 5.73 Å². The normalized spacial score (nSPS) is 12.3. The number of rotatable bonds is 5.